The summed E-state index contributed by atoms with van der Waals surface area (Å²) in [6.45, 7) is -0.914. The molecule has 0 heterocycles. The first-order valence-corrected chi connectivity index (χ1v) is 5.34. The van der Waals surface area contributed by atoms with Gasteiger partial charge in [0.15, 0.2) is 0 Å². The summed E-state index contributed by atoms with van der Waals surface area (Å²) in [6.07, 6.45) is -4.18. The van der Waals surface area contributed by atoms with E-state index in [-0.39, 0.29) is 13.2 Å². The highest BCUT2D eigenvalue weighted by molar-refractivity contribution is 5.36. The molecule has 1 rings (SSSR count). The van der Waals surface area contributed by atoms with E-state index < -0.39 is 12.7 Å². The molecule has 0 aromatic heterocycles. The van der Waals surface area contributed by atoms with Gasteiger partial charge in [-0.2, -0.15) is 13.2 Å². The second-order valence-corrected chi connectivity index (χ2v) is 3.94. The molecule has 0 bridgehead atoms. The molecule has 0 fully saturated rings. The van der Waals surface area contributed by atoms with Crippen molar-refractivity contribution in [3.05, 3.63) is 35.4 Å². The van der Waals surface area contributed by atoms with E-state index in [1.165, 1.54) is 11.9 Å². The molecule has 0 aliphatic rings. The average molecular weight is 257 g/mol. The molecule has 2 nitrogen and oxygen atoms in total. The molecule has 0 aliphatic carbocycles. The van der Waals surface area contributed by atoms with Crippen molar-refractivity contribution >= 4 is 0 Å². The minimum Gasteiger partial charge on any atom is -0.384 e. The highest BCUT2D eigenvalue weighted by Gasteiger charge is 2.28. The van der Waals surface area contributed by atoms with Gasteiger partial charge in [-0.15, -0.1) is 0 Å². The fraction of sp³-hybridized carbons (Fsp3) is 0.385. The van der Waals surface area contributed by atoms with Crippen LogP contribution in [0.25, 0.3) is 0 Å². The van der Waals surface area contributed by atoms with Crippen LogP contribution in [0.3, 0.4) is 0 Å². The monoisotopic (exact) mass is 257 g/mol. The highest BCUT2D eigenvalue weighted by atomic mass is 19.4. The van der Waals surface area contributed by atoms with Gasteiger partial charge < -0.3 is 5.11 Å². The van der Waals surface area contributed by atoms with Crippen LogP contribution in [0.2, 0.25) is 0 Å². The second kappa shape index (κ2) is 6.43. The van der Waals surface area contributed by atoms with Gasteiger partial charge in [0.25, 0.3) is 0 Å². The fourth-order valence-corrected chi connectivity index (χ4v) is 1.51. The summed E-state index contributed by atoms with van der Waals surface area (Å²) < 4.78 is 36.4. The molecule has 1 aromatic carbocycles. The Labute approximate surface area is 104 Å². The van der Waals surface area contributed by atoms with E-state index in [1.54, 1.807) is 24.3 Å². The maximum atomic E-state index is 12.1. The van der Waals surface area contributed by atoms with Gasteiger partial charge in [0.1, 0.15) is 6.61 Å². The second-order valence-electron chi connectivity index (χ2n) is 3.94. The molecule has 0 amide bonds. The van der Waals surface area contributed by atoms with Gasteiger partial charge in [-0.3, -0.25) is 4.90 Å². The van der Waals surface area contributed by atoms with Crippen molar-refractivity contribution in [2.24, 2.45) is 0 Å². The number of hydrogen-bond donors (Lipinski definition) is 1. The van der Waals surface area contributed by atoms with Crippen LogP contribution in [0.4, 0.5) is 13.2 Å². The smallest absolute Gasteiger partial charge is 0.384 e. The van der Waals surface area contributed by atoms with Crippen molar-refractivity contribution in [1.82, 2.24) is 4.90 Å². The standard InChI is InChI=1S/C13H14F3NO/c1-17(10-13(14,15)16)9-12-6-4-11(5-7-12)3-2-8-18/h4-7,18H,8-10H2,1H3. The minimum absolute atomic E-state index is 0.212. The third kappa shape index (κ3) is 5.71. The number of benzene rings is 1. The molecule has 0 unspecified atom stereocenters. The first-order chi connectivity index (χ1) is 8.40. The molecule has 0 spiro atoms. The summed E-state index contributed by atoms with van der Waals surface area (Å²) in [7, 11) is 1.42. The Morgan fingerprint density at radius 1 is 1.22 bits per heavy atom. The molecule has 0 saturated heterocycles. The molecule has 0 aliphatic heterocycles. The first-order valence-electron chi connectivity index (χ1n) is 5.34. The number of hydrogen-bond acceptors (Lipinski definition) is 2. The van der Waals surface area contributed by atoms with Crippen molar-refractivity contribution in [2.45, 2.75) is 12.7 Å². The number of aliphatic hydroxyl groups excluding tert-OH is 1. The maximum absolute atomic E-state index is 12.1. The van der Waals surface area contributed by atoms with Crippen molar-refractivity contribution in [3.63, 3.8) is 0 Å². The summed E-state index contributed by atoms with van der Waals surface area (Å²) in [5.74, 6) is 5.22. The molecule has 0 saturated carbocycles. The maximum Gasteiger partial charge on any atom is 0.401 e. The van der Waals surface area contributed by atoms with E-state index >= 15 is 0 Å². The Morgan fingerprint density at radius 3 is 2.33 bits per heavy atom. The van der Waals surface area contributed by atoms with Gasteiger partial charge in [-0.25, -0.2) is 0 Å². The number of aliphatic hydroxyl groups is 1. The summed E-state index contributed by atoms with van der Waals surface area (Å²) in [6, 6.07) is 6.90. The predicted molar refractivity (Wildman–Crippen MR) is 62.8 cm³/mol. The van der Waals surface area contributed by atoms with Crippen LogP contribution in [0.1, 0.15) is 11.1 Å². The van der Waals surface area contributed by atoms with E-state index in [0.29, 0.717) is 0 Å². The molecule has 1 aromatic rings. The molecule has 0 radical (unpaired) electrons. The predicted octanol–water partition coefficient (Wildman–Crippen LogP) is 2.02. The molecular weight excluding hydrogens is 243 g/mol. The van der Waals surface area contributed by atoms with Gasteiger partial charge in [0.05, 0.1) is 6.54 Å². The van der Waals surface area contributed by atoms with E-state index in [0.717, 1.165) is 11.1 Å². The van der Waals surface area contributed by atoms with E-state index in [4.69, 9.17) is 5.11 Å². The van der Waals surface area contributed by atoms with Crippen LogP contribution in [0.15, 0.2) is 24.3 Å². The molecule has 0 atom stereocenters. The topological polar surface area (TPSA) is 23.5 Å². The number of halogens is 3. The average Bonchev–Trinajstić information content (AvgIpc) is 2.25. The van der Waals surface area contributed by atoms with Gasteiger partial charge >= 0.3 is 6.18 Å². The zero-order valence-electron chi connectivity index (χ0n) is 9.96. The largest absolute Gasteiger partial charge is 0.401 e. The van der Waals surface area contributed by atoms with E-state index in [1.807, 2.05) is 0 Å². The highest BCUT2D eigenvalue weighted by Crippen LogP contribution is 2.17. The van der Waals surface area contributed by atoms with Crippen LogP contribution < -0.4 is 0 Å². The number of rotatable bonds is 3. The van der Waals surface area contributed by atoms with Crippen molar-refractivity contribution in [2.75, 3.05) is 20.2 Å². The Bertz CT molecular complexity index is 428. The van der Waals surface area contributed by atoms with Crippen LogP contribution in [0.5, 0.6) is 0 Å². The normalized spacial score (nSPS) is 11.2. The lowest BCUT2D eigenvalue weighted by Crippen LogP contribution is -2.30. The van der Waals surface area contributed by atoms with Crippen LogP contribution in [-0.2, 0) is 6.54 Å². The lowest BCUT2D eigenvalue weighted by molar-refractivity contribution is -0.144. The first kappa shape index (κ1) is 14.6. The Morgan fingerprint density at radius 2 is 1.83 bits per heavy atom. The molecule has 1 N–H and O–H groups in total. The summed E-state index contributed by atoms with van der Waals surface area (Å²) in [4.78, 5) is 1.20. The van der Waals surface area contributed by atoms with Crippen molar-refractivity contribution in [1.29, 1.82) is 0 Å². The number of alkyl halides is 3. The summed E-state index contributed by atoms with van der Waals surface area (Å²) in [5.41, 5.74) is 1.52. The zero-order chi connectivity index (χ0) is 13.6. The zero-order valence-corrected chi connectivity index (χ0v) is 9.96. The van der Waals surface area contributed by atoms with Gasteiger partial charge in [-0.05, 0) is 24.7 Å². The molecule has 5 heteroatoms. The quantitative estimate of drug-likeness (QED) is 0.837. The lowest BCUT2D eigenvalue weighted by Gasteiger charge is -2.18. The number of nitrogens with zero attached hydrogens (tertiary/aromatic N) is 1. The fourth-order valence-electron chi connectivity index (χ4n) is 1.51. The SMILES string of the molecule is CN(Cc1ccc(C#CCO)cc1)CC(F)(F)F. The molecule has 98 valence electrons. The minimum atomic E-state index is -4.18. The lowest BCUT2D eigenvalue weighted by atomic mass is 10.1. The third-order valence-corrected chi connectivity index (χ3v) is 2.17. The van der Waals surface area contributed by atoms with Crippen LogP contribution in [0, 0.1) is 11.8 Å². The van der Waals surface area contributed by atoms with Crippen molar-refractivity contribution < 1.29 is 18.3 Å². The Kier molecular flexibility index (Phi) is 5.20. The molecule has 18 heavy (non-hydrogen) atoms. The van der Waals surface area contributed by atoms with Crippen LogP contribution >= 0.6 is 0 Å². The summed E-state index contributed by atoms with van der Waals surface area (Å²) in [5, 5.41) is 8.52. The van der Waals surface area contributed by atoms with Crippen LogP contribution in [-0.4, -0.2) is 36.4 Å². The van der Waals surface area contributed by atoms with Gasteiger partial charge in [0, 0.05) is 12.1 Å². The Balaban J connectivity index is 2.58. The van der Waals surface area contributed by atoms with Gasteiger partial charge in [0.2, 0.25) is 0 Å². The van der Waals surface area contributed by atoms with Gasteiger partial charge in [-0.1, -0.05) is 24.0 Å². The third-order valence-electron chi connectivity index (χ3n) is 2.17. The van der Waals surface area contributed by atoms with E-state index in [2.05, 4.69) is 11.8 Å². The summed E-state index contributed by atoms with van der Waals surface area (Å²) >= 11 is 0. The Hall–Kier alpha value is -1.51. The van der Waals surface area contributed by atoms with E-state index in [9.17, 15) is 13.2 Å². The molecular formula is C13H14F3NO. The van der Waals surface area contributed by atoms with Crippen molar-refractivity contribution in [3.8, 4) is 11.8 Å².